The van der Waals surface area contributed by atoms with Crippen LogP contribution in [0.4, 0.5) is 0 Å². The van der Waals surface area contributed by atoms with E-state index in [0.717, 1.165) is 35.8 Å². The SMILES string of the molecule is C=CSC(=C(C)C)c1ccc(CNC(=O)C2CCCN2C(=O)C(C(C)C)N2Cc3ccccc3C2=O)c(C)c1.CC.CO. The number of rotatable bonds is 9. The van der Waals surface area contributed by atoms with Gasteiger partial charge >= 0.3 is 0 Å². The number of hydrogen-bond donors (Lipinski definition) is 2. The van der Waals surface area contributed by atoms with E-state index in [9.17, 15) is 14.4 Å². The van der Waals surface area contributed by atoms with Gasteiger partial charge in [0.05, 0.1) is 0 Å². The average Bonchev–Trinajstić information content (AvgIpc) is 3.62. The maximum atomic E-state index is 13.9. The third-order valence-electron chi connectivity index (χ3n) is 7.62. The van der Waals surface area contributed by atoms with Crippen molar-refractivity contribution in [3.05, 3.63) is 87.8 Å². The first-order chi connectivity index (χ1) is 20.6. The molecule has 2 heterocycles. The molecule has 0 radical (unpaired) electrons. The molecule has 2 atom stereocenters. The number of nitrogens with zero attached hydrogens (tertiary/aromatic N) is 2. The van der Waals surface area contributed by atoms with Crippen LogP contribution in [0.2, 0.25) is 0 Å². The highest BCUT2D eigenvalue weighted by atomic mass is 32.2. The minimum absolute atomic E-state index is 0.0776. The first-order valence-electron chi connectivity index (χ1n) is 15.1. The van der Waals surface area contributed by atoms with E-state index in [1.165, 1.54) is 10.5 Å². The molecule has 2 unspecified atom stereocenters. The van der Waals surface area contributed by atoms with Crippen LogP contribution in [0.3, 0.4) is 0 Å². The normalized spacial score (nSPS) is 16.0. The molecular weight excluding hydrogens is 558 g/mol. The van der Waals surface area contributed by atoms with Gasteiger partial charge in [-0.1, -0.05) is 88.0 Å². The van der Waals surface area contributed by atoms with Crippen molar-refractivity contribution in [2.75, 3.05) is 13.7 Å². The second kappa shape index (κ2) is 17.1. The number of carbonyl (C=O) groups excluding carboxylic acids is 3. The van der Waals surface area contributed by atoms with Crippen LogP contribution in [0.15, 0.2) is 60.0 Å². The topological polar surface area (TPSA) is 90.0 Å². The molecule has 1 fully saturated rings. The van der Waals surface area contributed by atoms with Crippen LogP contribution in [-0.2, 0) is 22.7 Å². The Morgan fingerprint density at radius 3 is 2.40 bits per heavy atom. The zero-order chi connectivity index (χ0) is 32.3. The maximum absolute atomic E-state index is 13.9. The van der Waals surface area contributed by atoms with E-state index in [-0.39, 0.29) is 23.6 Å². The van der Waals surface area contributed by atoms with Crippen molar-refractivity contribution < 1.29 is 19.5 Å². The largest absolute Gasteiger partial charge is 0.400 e. The van der Waals surface area contributed by atoms with Crippen molar-refractivity contribution in [2.45, 2.75) is 86.5 Å². The standard InChI is InChI=1S/C32H39N3O3S.C2H6.CH4O/c1-7-39-29(21(4)5)23-14-15-24(22(6)17-23)18-33-30(36)27-13-10-16-34(27)32(38)28(20(2)3)35-19-25-11-8-9-12-26(25)31(35)37;2*1-2/h7-9,11-12,14-15,17,20,27-28H,1,10,13,16,18-19H2,2-6H3,(H,33,36);1-2H3;2H,1H3. The zero-order valence-corrected chi connectivity index (χ0v) is 27.9. The van der Waals surface area contributed by atoms with Crippen LogP contribution in [0, 0.1) is 12.8 Å². The third kappa shape index (κ3) is 8.39. The van der Waals surface area contributed by atoms with Gasteiger partial charge in [0.2, 0.25) is 11.8 Å². The van der Waals surface area contributed by atoms with Crippen molar-refractivity contribution in [1.29, 1.82) is 0 Å². The number of aryl methyl sites for hydroxylation is 1. The fraction of sp³-hybridized carbons (Fsp3) is 0.457. The Morgan fingerprint density at radius 1 is 1.14 bits per heavy atom. The van der Waals surface area contributed by atoms with E-state index in [0.29, 0.717) is 31.6 Å². The first-order valence-corrected chi connectivity index (χ1v) is 16.0. The minimum Gasteiger partial charge on any atom is -0.400 e. The van der Waals surface area contributed by atoms with Gasteiger partial charge in [-0.15, -0.1) is 0 Å². The molecule has 1 saturated heterocycles. The Labute approximate surface area is 262 Å². The molecule has 0 spiro atoms. The molecule has 2 aliphatic heterocycles. The van der Waals surface area contributed by atoms with Crippen molar-refractivity contribution in [1.82, 2.24) is 15.1 Å². The molecule has 7 nitrogen and oxygen atoms in total. The predicted molar refractivity (Wildman–Crippen MR) is 178 cm³/mol. The monoisotopic (exact) mass is 607 g/mol. The number of thioether (sulfide) groups is 1. The second-order valence-electron chi connectivity index (χ2n) is 10.9. The van der Waals surface area contributed by atoms with Gasteiger partial charge in [-0.3, -0.25) is 14.4 Å². The number of aliphatic hydroxyl groups excluding tert-OH is 1. The number of allylic oxidation sites excluding steroid dienone is 1. The quantitative estimate of drug-likeness (QED) is 0.338. The number of aliphatic hydroxyl groups is 1. The number of carbonyl (C=O) groups is 3. The number of fused-ring (bicyclic) bond motifs is 1. The van der Waals surface area contributed by atoms with Crippen LogP contribution >= 0.6 is 11.8 Å². The molecular formula is C35H49N3O4S. The summed E-state index contributed by atoms with van der Waals surface area (Å²) in [5.74, 6) is -0.473. The van der Waals surface area contributed by atoms with Gasteiger partial charge in [0.15, 0.2) is 0 Å². The Hall–Kier alpha value is -3.36. The summed E-state index contributed by atoms with van der Waals surface area (Å²) in [7, 11) is 1.00. The summed E-state index contributed by atoms with van der Waals surface area (Å²) in [6.45, 7) is 19.3. The Morgan fingerprint density at radius 2 is 1.81 bits per heavy atom. The van der Waals surface area contributed by atoms with E-state index in [1.807, 2.05) is 57.4 Å². The number of amides is 3. The van der Waals surface area contributed by atoms with Gasteiger partial charge in [0.1, 0.15) is 12.1 Å². The van der Waals surface area contributed by atoms with Crippen LogP contribution in [0.1, 0.15) is 87.0 Å². The van der Waals surface area contributed by atoms with Gasteiger partial charge in [0, 0.05) is 37.2 Å². The third-order valence-corrected chi connectivity index (χ3v) is 8.67. The second-order valence-corrected chi connectivity index (χ2v) is 11.9. The highest BCUT2D eigenvalue weighted by Gasteiger charge is 2.43. The first kappa shape index (κ1) is 35.8. The van der Waals surface area contributed by atoms with Gasteiger partial charge < -0.3 is 20.2 Å². The zero-order valence-electron chi connectivity index (χ0n) is 27.1. The van der Waals surface area contributed by atoms with E-state index in [2.05, 4.69) is 50.9 Å². The lowest BCUT2D eigenvalue weighted by atomic mass is 10.00. The van der Waals surface area contributed by atoms with E-state index < -0.39 is 12.1 Å². The van der Waals surface area contributed by atoms with Gasteiger partial charge in [-0.2, -0.15) is 0 Å². The van der Waals surface area contributed by atoms with Crippen molar-refractivity contribution >= 4 is 34.4 Å². The Bertz CT molecular complexity index is 1320. The summed E-state index contributed by atoms with van der Waals surface area (Å²) < 4.78 is 0. The number of nitrogens with one attached hydrogen (secondary N) is 1. The van der Waals surface area contributed by atoms with Gasteiger partial charge in [-0.05, 0) is 73.3 Å². The molecule has 4 rings (SSSR count). The fourth-order valence-corrected chi connectivity index (χ4v) is 6.31. The van der Waals surface area contributed by atoms with E-state index in [4.69, 9.17) is 5.11 Å². The summed E-state index contributed by atoms with van der Waals surface area (Å²) in [5.41, 5.74) is 6.11. The fourth-order valence-electron chi connectivity index (χ4n) is 5.65. The molecule has 8 heteroatoms. The molecule has 0 aromatic heterocycles. The van der Waals surface area contributed by atoms with E-state index >= 15 is 0 Å². The van der Waals surface area contributed by atoms with Crippen molar-refractivity contribution in [3.8, 4) is 0 Å². The highest BCUT2D eigenvalue weighted by molar-refractivity contribution is 8.10. The molecule has 2 aromatic carbocycles. The summed E-state index contributed by atoms with van der Waals surface area (Å²) in [4.78, 5) is 44.9. The van der Waals surface area contributed by atoms with Crippen LogP contribution < -0.4 is 5.32 Å². The molecule has 2 aromatic rings. The summed E-state index contributed by atoms with van der Waals surface area (Å²) in [5, 5.41) is 11.9. The Balaban J connectivity index is 0.00000155. The molecule has 0 bridgehead atoms. The van der Waals surface area contributed by atoms with Crippen molar-refractivity contribution in [3.63, 3.8) is 0 Å². The number of hydrogen-bond acceptors (Lipinski definition) is 5. The lowest BCUT2D eigenvalue weighted by molar-refractivity contribution is -0.143. The summed E-state index contributed by atoms with van der Waals surface area (Å²) in [6.07, 6.45) is 1.39. The number of benzene rings is 2. The van der Waals surface area contributed by atoms with Crippen LogP contribution in [0.25, 0.3) is 4.91 Å². The molecule has 2 aliphatic rings. The lowest BCUT2D eigenvalue weighted by Gasteiger charge is -2.35. The molecule has 3 amide bonds. The summed E-state index contributed by atoms with van der Waals surface area (Å²) in [6, 6.07) is 12.7. The average molecular weight is 608 g/mol. The van der Waals surface area contributed by atoms with E-state index in [1.54, 1.807) is 21.6 Å². The minimum atomic E-state index is -0.606. The van der Waals surface area contributed by atoms with Crippen LogP contribution in [-0.4, -0.2) is 58.4 Å². The van der Waals surface area contributed by atoms with Gasteiger partial charge in [-0.25, -0.2) is 0 Å². The molecule has 234 valence electrons. The summed E-state index contributed by atoms with van der Waals surface area (Å²) >= 11 is 1.61. The molecule has 43 heavy (non-hydrogen) atoms. The van der Waals surface area contributed by atoms with Crippen molar-refractivity contribution in [2.24, 2.45) is 5.92 Å². The molecule has 0 aliphatic carbocycles. The van der Waals surface area contributed by atoms with Gasteiger partial charge in [0.25, 0.3) is 5.91 Å². The molecule has 2 N–H and O–H groups in total. The maximum Gasteiger partial charge on any atom is 0.255 e. The predicted octanol–water partition coefficient (Wildman–Crippen LogP) is 6.55. The smallest absolute Gasteiger partial charge is 0.255 e. The van der Waals surface area contributed by atoms with Crippen LogP contribution in [0.5, 0.6) is 0 Å². The Kier molecular flexibility index (Phi) is 14.2. The lowest BCUT2D eigenvalue weighted by Crippen LogP contribution is -2.55. The highest BCUT2D eigenvalue weighted by Crippen LogP contribution is 2.33. The molecule has 0 saturated carbocycles. The number of likely N-dealkylation sites (tertiary alicyclic amines) is 1.